The van der Waals surface area contributed by atoms with Gasteiger partial charge in [0.2, 0.25) is 0 Å². The lowest BCUT2D eigenvalue weighted by atomic mass is 10.2. The summed E-state index contributed by atoms with van der Waals surface area (Å²) in [7, 11) is 0. The number of nitrogens with two attached hydrogens (primary N) is 1. The molecule has 0 bridgehead atoms. The highest BCUT2D eigenvalue weighted by molar-refractivity contribution is 9.10. The number of rotatable bonds is 3. The van der Waals surface area contributed by atoms with E-state index in [1.807, 2.05) is 0 Å². The van der Waals surface area contributed by atoms with Crippen molar-refractivity contribution < 1.29 is 9.13 Å². The van der Waals surface area contributed by atoms with Gasteiger partial charge in [-0.05, 0) is 30.3 Å². The highest BCUT2D eigenvalue weighted by Gasteiger charge is 2.12. The normalized spacial score (nSPS) is 10.3. The molecule has 0 amide bonds. The Balaban J connectivity index is 2.44. The van der Waals surface area contributed by atoms with Crippen LogP contribution in [0.25, 0.3) is 0 Å². The van der Waals surface area contributed by atoms with Crippen LogP contribution in [0.4, 0.5) is 4.39 Å². The van der Waals surface area contributed by atoms with Crippen molar-refractivity contribution >= 4 is 33.4 Å². The van der Waals surface area contributed by atoms with E-state index in [0.29, 0.717) is 5.56 Å². The average Bonchev–Trinajstić information content (AvgIpc) is 2.36. The number of nitrogens with one attached hydrogen (secondary N) is 1. The third-order valence-corrected chi connectivity index (χ3v) is 3.15. The first-order chi connectivity index (χ1) is 8.99. The molecule has 0 unspecified atom stereocenters. The second-order valence-electron chi connectivity index (χ2n) is 3.71. The fourth-order valence-corrected chi connectivity index (χ4v) is 2.01. The third kappa shape index (κ3) is 3.05. The summed E-state index contributed by atoms with van der Waals surface area (Å²) in [5, 5.41) is 7.46. The summed E-state index contributed by atoms with van der Waals surface area (Å²) in [6.45, 7) is 0. The molecule has 0 saturated carbocycles. The van der Waals surface area contributed by atoms with Gasteiger partial charge in [-0.3, -0.25) is 5.41 Å². The second kappa shape index (κ2) is 5.59. The summed E-state index contributed by atoms with van der Waals surface area (Å²) in [6.07, 6.45) is 0. The monoisotopic (exact) mass is 342 g/mol. The van der Waals surface area contributed by atoms with Crippen molar-refractivity contribution in [1.82, 2.24) is 0 Å². The van der Waals surface area contributed by atoms with E-state index in [4.69, 9.17) is 27.5 Å². The van der Waals surface area contributed by atoms with Crippen LogP contribution in [-0.4, -0.2) is 5.84 Å². The molecule has 2 rings (SSSR count). The van der Waals surface area contributed by atoms with Crippen LogP contribution in [0.1, 0.15) is 5.56 Å². The molecule has 0 spiro atoms. The van der Waals surface area contributed by atoms with Crippen LogP contribution < -0.4 is 10.5 Å². The van der Waals surface area contributed by atoms with E-state index in [0.717, 1.165) is 4.47 Å². The summed E-state index contributed by atoms with van der Waals surface area (Å²) in [5.74, 6) is -0.547. The van der Waals surface area contributed by atoms with Crippen LogP contribution in [0.3, 0.4) is 0 Å². The van der Waals surface area contributed by atoms with E-state index in [2.05, 4.69) is 15.9 Å². The van der Waals surface area contributed by atoms with E-state index in [-0.39, 0.29) is 22.4 Å². The zero-order valence-electron chi connectivity index (χ0n) is 9.58. The minimum absolute atomic E-state index is 0.0164. The Morgan fingerprint density at radius 2 is 2.00 bits per heavy atom. The lowest BCUT2D eigenvalue weighted by Gasteiger charge is -2.11. The predicted molar refractivity (Wildman–Crippen MR) is 76.6 cm³/mol. The van der Waals surface area contributed by atoms with Crippen LogP contribution >= 0.6 is 27.5 Å². The number of hydrogen-bond acceptors (Lipinski definition) is 2. The van der Waals surface area contributed by atoms with Crippen LogP contribution in [0, 0.1) is 11.2 Å². The van der Waals surface area contributed by atoms with Crippen LogP contribution in [0.5, 0.6) is 11.5 Å². The van der Waals surface area contributed by atoms with Gasteiger partial charge >= 0.3 is 0 Å². The molecule has 0 aliphatic heterocycles. The van der Waals surface area contributed by atoms with E-state index < -0.39 is 5.82 Å². The summed E-state index contributed by atoms with van der Waals surface area (Å²) in [6, 6.07) is 9.39. The first-order valence-corrected chi connectivity index (χ1v) is 6.42. The SMILES string of the molecule is N=C(N)c1cc(Br)ccc1Oc1cccc(Cl)c1F. The Labute approximate surface area is 122 Å². The molecule has 6 heteroatoms. The molecule has 2 aromatic carbocycles. The maximum absolute atomic E-state index is 13.7. The Morgan fingerprint density at radius 1 is 1.26 bits per heavy atom. The van der Waals surface area contributed by atoms with Gasteiger partial charge in [-0.2, -0.15) is 0 Å². The molecular weight excluding hydrogens is 335 g/mol. The average molecular weight is 344 g/mol. The number of benzene rings is 2. The van der Waals surface area contributed by atoms with Crippen molar-refractivity contribution in [2.45, 2.75) is 0 Å². The third-order valence-electron chi connectivity index (χ3n) is 2.37. The summed E-state index contributed by atoms with van der Waals surface area (Å²) in [4.78, 5) is 0. The highest BCUT2D eigenvalue weighted by atomic mass is 79.9. The molecular formula is C13H9BrClFN2O. The highest BCUT2D eigenvalue weighted by Crippen LogP contribution is 2.31. The van der Waals surface area contributed by atoms with Crippen molar-refractivity contribution in [1.29, 1.82) is 5.41 Å². The quantitative estimate of drug-likeness (QED) is 0.644. The fraction of sp³-hybridized carbons (Fsp3) is 0. The molecule has 0 heterocycles. The molecule has 98 valence electrons. The van der Waals surface area contributed by atoms with Crippen molar-refractivity contribution in [3.05, 3.63) is 57.3 Å². The first kappa shape index (κ1) is 13.8. The van der Waals surface area contributed by atoms with Crippen molar-refractivity contribution in [3.63, 3.8) is 0 Å². The van der Waals surface area contributed by atoms with Crippen LogP contribution in [0.15, 0.2) is 40.9 Å². The Kier molecular flexibility index (Phi) is 4.07. The molecule has 0 aliphatic rings. The molecule has 3 N–H and O–H groups in total. The molecule has 3 nitrogen and oxygen atoms in total. The van der Waals surface area contributed by atoms with Crippen molar-refractivity contribution in [2.24, 2.45) is 5.73 Å². The summed E-state index contributed by atoms with van der Waals surface area (Å²) < 4.78 is 19.9. The van der Waals surface area contributed by atoms with Gasteiger partial charge in [0.15, 0.2) is 11.6 Å². The van der Waals surface area contributed by atoms with E-state index in [1.54, 1.807) is 24.3 Å². The summed E-state index contributed by atoms with van der Waals surface area (Å²) >= 11 is 8.95. The minimum Gasteiger partial charge on any atom is -0.453 e. The fourth-order valence-electron chi connectivity index (χ4n) is 1.48. The molecule has 0 saturated heterocycles. The molecule has 0 aliphatic carbocycles. The Morgan fingerprint density at radius 3 is 2.68 bits per heavy atom. The molecule has 2 aromatic rings. The molecule has 0 radical (unpaired) electrons. The maximum Gasteiger partial charge on any atom is 0.184 e. The lowest BCUT2D eigenvalue weighted by Crippen LogP contribution is -2.12. The van der Waals surface area contributed by atoms with Gasteiger partial charge in [0.25, 0.3) is 0 Å². The topological polar surface area (TPSA) is 59.1 Å². The Hall–Kier alpha value is -1.59. The largest absolute Gasteiger partial charge is 0.453 e. The molecule has 0 fully saturated rings. The maximum atomic E-state index is 13.7. The van der Waals surface area contributed by atoms with Crippen LogP contribution in [-0.2, 0) is 0 Å². The molecule has 0 atom stereocenters. The number of halogens is 3. The zero-order valence-corrected chi connectivity index (χ0v) is 11.9. The molecule has 19 heavy (non-hydrogen) atoms. The van der Waals surface area contributed by atoms with Gasteiger partial charge < -0.3 is 10.5 Å². The van der Waals surface area contributed by atoms with Gasteiger partial charge in [0.1, 0.15) is 11.6 Å². The smallest absolute Gasteiger partial charge is 0.184 e. The van der Waals surface area contributed by atoms with E-state index in [1.165, 1.54) is 12.1 Å². The number of ether oxygens (including phenoxy) is 1. The summed E-state index contributed by atoms with van der Waals surface area (Å²) in [5.41, 5.74) is 5.84. The van der Waals surface area contributed by atoms with Gasteiger partial charge in [-0.1, -0.05) is 33.6 Å². The zero-order chi connectivity index (χ0) is 14.0. The minimum atomic E-state index is -0.651. The Bertz CT molecular complexity index is 649. The predicted octanol–water partition coefficient (Wildman–Crippen LogP) is 4.32. The van der Waals surface area contributed by atoms with E-state index >= 15 is 0 Å². The molecule has 0 aromatic heterocycles. The van der Waals surface area contributed by atoms with Gasteiger partial charge in [0.05, 0.1) is 10.6 Å². The number of amidine groups is 1. The van der Waals surface area contributed by atoms with Crippen LogP contribution in [0.2, 0.25) is 5.02 Å². The first-order valence-electron chi connectivity index (χ1n) is 5.25. The van der Waals surface area contributed by atoms with Gasteiger partial charge in [-0.15, -0.1) is 0 Å². The van der Waals surface area contributed by atoms with E-state index in [9.17, 15) is 4.39 Å². The van der Waals surface area contributed by atoms with Crippen molar-refractivity contribution in [3.8, 4) is 11.5 Å². The number of nitrogen functional groups attached to an aromatic ring is 1. The number of hydrogen-bond donors (Lipinski definition) is 2. The second-order valence-corrected chi connectivity index (χ2v) is 5.03. The standard InChI is InChI=1S/C13H9BrClFN2O/c14-7-4-5-10(8(6-7)13(17)18)19-11-3-1-2-9(15)12(11)16/h1-6H,(H3,17,18). The lowest BCUT2D eigenvalue weighted by molar-refractivity contribution is 0.441. The van der Waals surface area contributed by atoms with Gasteiger partial charge in [0, 0.05) is 4.47 Å². The van der Waals surface area contributed by atoms with Crippen molar-refractivity contribution in [2.75, 3.05) is 0 Å². The van der Waals surface area contributed by atoms with Gasteiger partial charge in [-0.25, -0.2) is 4.39 Å².